The largest absolute Gasteiger partial charge is 0.445 e. The van der Waals surface area contributed by atoms with E-state index in [9.17, 15) is 0 Å². The van der Waals surface area contributed by atoms with Gasteiger partial charge in [0.1, 0.15) is 5.75 Å². The van der Waals surface area contributed by atoms with Gasteiger partial charge >= 0.3 is 0 Å². The first-order valence-electron chi connectivity index (χ1n) is 7.26. The van der Waals surface area contributed by atoms with Crippen LogP contribution in [0.3, 0.4) is 0 Å². The third-order valence-corrected chi connectivity index (χ3v) is 4.57. The van der Waals surface area contributed by atoms with E-state index in [1.807, 2.05) is 56.3 Å². The molecule has 2 aromatic carbocycles. The molecule has 0 unspecified atom stereocenters. The molecule has 0 bridgehead atoms. The summed E-state index contributed by atoms with van der Waals surface area (Å²) in [6.07, 6.45) is 0.761. The van der Waals surface area contributed by atoms with E-state index >= 15 is 0 Å². The van der Waals surface area contributed by atoms with Crippen LogP contribution in [-0.2, 0) is 6.42 Å². The highest BCUT2D eigenvalue weighted by molar-refractivity contribution is 7.07. The van der Waals surface area contributed by atoms with Crippen molar-refractivity contribution in [2.24, 2.45) is 0 Å². The molecule has 0 aliphatic carbocycles. The van der Waals surface area contributed by atoms with Crippen LogP contribution < -0.4 is 10.5 Å². The molecule has 0 spiro atoms. The van der Waals surface area contributed by atoms with Gasteiger partial charge in [0.05, 0.1) is 5.69 Å². The number of anilines is 1. The molecule has 0 amide bonds. The Balaban J connectivity index is 1.74. The van der Waals surface area contributed by atoms with Gasteiger partial charge in [0.15, 0.2) is 5.06 Å². The van der Waals surface area contributed by atoms with E-state index in [0.29, 0.717) is 0 Å². The Morgan fingerprint density at radius 2 is 1.83 bits per heavy atom. The van der Waals surface area contributed by atoms with Gasteiger partial charge in [-0.25, -0.2) is 0 Å². The predicted molar refractivity (Wildman–Crippen MR) is 96.8 cm³/mol. The van der Waals surface area contributed by atoms with E-state index in [1.165, 1.54) is 17.1 Å². The van der Waals surface area contributed by atoms with Crippen LogP contribution in [0.4, 0.5) is 5.69 Å². The lowest BCUT2D eigenvalue weighted by Gasteiger charge is -2.09. The first kappa shape index (κ1) is 15.8. The maximum absolute atomic E-state index is 5.96. The van der Waals surface area contributed by atoms with Crippen LogP contribution in [0, 0.1) is 13.8 Å². The SMILES string of the molecule is Cc1cc(Oc2cc(Cc3ccc(Cl)cc3)ns2)c(C)cc1N. The molecule has 1 heterocycles. The van der Waals surface area contributed by atoms with Crippen LogP contribution in [0.15, 0.2) is 42.5 Å². The van der Waals surface area contributed by atoms with Gasteiger partial charge in [0.2, 0.25) is 0 Å². The molecule has 3 nitrogen and oxygen atoms in total. The second-order valence-electron chi connectivity index (χ2n) is 5.52. The van der Waals surface area contributed by atoms with E-state index in [2.05, 4.69) is 4.37 Å². The third-order valence-electron chi connectivity index (χ3n) is 3.61. The number of aryl methyl sites for hydroxylation is 2. The van der Waals surface area contributed by atoms with Crippen molar-refractivity contribution in [2.75, 3.05) is 5.73 Å². The first-order valence-corrected chi connectivity index (χ1v) is 8.41. The predicted octanol–water partition coefficient (Wildman–Crippen LogP) is 5.38. The highest BCUT2D eigenvalue weighted by Gasteiger charge is 2.09. The maximum atomic E-state index is 5.96. The number of nitrogen functional groups attached to an aromatic ring is 1. The Kier molecular flexibility index (Phi) is 4.55. The molecule has 0 saturated heterocycles. The summed E-state index contributed by atoms with van der Waals surface area (Å²) in [6.45, 7) is 3.96. The summed E-state index contributed by atoms with van der Waals surface area (Å²) in [6, 6.07) is 13.7. The molecule has 0 fully saturated rings. The van der Waals surface area contributed by atoms with Gasteiger partial charge in [-0.3, -0.25) is 0 Å². The topological polar surface area (TPSA) is 48.1 Å². The van der Waals surface area contributed by atoms with Gasteiger partial charge in [-0.05, 0) is 54.8 Å². The second-order valence-corrected chi connectivity index (χ2v) is 6.72. The third kappa shape index (κ3) is 3.84. The van der Waals surface area contributed by atoms with E-state index < -0.39 is 0 Å². The Morgan fingerprint density at radius 3 is 2.57 bits per heavy atom. The Hall–Kier alpha value is -2.04. The second kappa shape index (κ2) is 6.60. The standard InChI is InChI=1S/C18H17ClN2OS/c1-11-8-17(12(2)7-16(11)20)22-18-10-15(21-23-18)9-13-3-5-14(19)6-4-13/h3-8,10H,9,20H2,1-2H3. The minimum absolute atomic E-state index is 0.741. The van der Waals surface area contributed by atoms with Gasteiger partial charge in [-0.15, -0.1) is 0 Å². The molecular formula is C18H17ClN2OS. The van der Waals surface area contributed by atoms with Crippen molar-refractivity contribution >= 4 is 28.8 Å². The average Bonchev–Trinajstić information content (AvgIpc) is 2.94. The van der Waals surface area contributed by atoms with Crippen molar-refractivity contribution in [1.82, 2.24) is 4.37 Å². The Bertz CT molecular complexity index is 828. The summed E-state index contributed by atoms with van der Waals surface area (Å²) in [5.74, 6) is 0.818. The van der Waals surface area contributed by atoms with Gasteiger partial charge in [-0.1, -0.05) is 23.7 Å². The number of halogens is 1. The van der Waals surface area contributed by atoms with E-state index in [-0.39, 0.29) is 0 Å². The highest BCUT2D eigenvalue weighted by atomic mass is 35.5. The zero-order valence-corrected chi connectivity index (χ0v) is 14.5. The molecule has 1 aromatic heterocycles. The smallest absolute Gasteiger partial charge is 0.200 e. The fourth-order valence-electron chi connectivity index (χ4n) is 2.27. The van der Waals surface area contributed by atoms with Crippen LogP contribution >= 0.6 is 23.1 Å². The van der Waals surface area contributed by atoms with Gasteiger partial charge in [-0.2, -0.15) is 4.37 Å². The minimum atomic E-state index is 0.741. The lowest BCUT2D eigenvalue weighted by atomic mass is 10.1. The van der Waals surface area contributed by atoms with Crippen molar-refractivity contribution < 1.29 is 4.74 Å². The quantitative estimate of drug-likeness (QED) is 0.646. The molecule has 118 valence electrons. The zero-order chi connectivity index (χ0) is 16.4. The molecule has 3 rings (SSSR count). The summed E-state index contributed by atoms with van der Waals surface area (Å²) in [7, 11) is 0. The molecule has 0 aliphatic rings. The van der Waals surface area contributed by atoms with Crippen LogP contribution in [-0.4, -0.2) is 4.37 Å². The summed E-state index contributed by atoms with van der Waals surface area (Å²) in [5.41, 5.74) is 10.9. The molecule has 0 aliphatic heterocycles. The average molecular weight is 345 g/mol. The molecular weight excluding hydrogens is 328 g/mol. The molecule has 2 N–H and O–H groups in total. The fourth-order valence-corrected chi connectivity index (χ4v) is 3.03. The lowest BCUT2D eigenvalue weighted by Crippen LogP contribution is -1.93. The van der Waals surface area contributed by atoms with Gasteiger partial charge in [0, 0.05) is 34.7 Å². The number of nitrogens with zero attached hydrogens (tertiary/aromatic N) is 1. The summed E-state index contributed by atoms with van der Waals surface area (Å²) in [5, 5.41) is 1.52. The van der Waals surface area contributed by atoms with Crippen molar-refractivity contribution in [3.63, 3.8) is 0 Å². The normalized spacial score (nSPS) is 10.7. The molecule has 0 radical (unpaired) electrons. The molecule has 0 atom stereocenters. The Morgan fingerprint density at radius 1 is 1.09 bits per heavy atom. The van der Waals surface area contributed by atoms with Crippen molar-refractivity contribution in [1.29, 1.82) is 0 Å². The van der Waals surface area contributed by atoms with Crippen molar-refractivity contribution in [3.05, 3.63) is 69.9 Å². The number of hydrogen-bond donors (Lipinski definition) is 1. The lowest BCUT2D eigenvalue weighted by molar-refractivity contribution is 0.492. The summed E-state index contributed by atoms with van der Waals surface area (Å²) >= 11 is 7.26. The van der Waals surface area contributed by atoms with Crippen molar-refractivity contribution in [2.45, 2.75) is 20.3 Å². The van der Waals surface area contributed by atoms with Crippen LogP contribution in [0.5, 0.6) is 10.8 Å². The monoisotopic (exact) mass is 344 g/mol. The number of rotatable bonds is 4. The molecule has 0 saturated carbocycles. The van der Waals surface area contributed by atoms with Crippen LogP contribution in [0.1, 0.15) is 22.4 Å². The molecule has 5 heteroatoms. The number of benzene rings is 2. The number of nitrogens with two attached hydrogens (primary N) is 1. The first-order chi connectivity index (χ1) is 11.0. The van der Waals surface area contributed by atoms with Crippen molar-refractivity contribution in [3.8, 4) is 10.8 Å². The zero-order valence-electron chi connectivity index (χ0n) is 13.0. The van der Waals surface area contributed by atoms with Gasteiger partial charge < -0.3 is 10.5 Å². The van der Waals surface area contributed by atoms with Crippen LogP contribution in [0.25, 0.3) is 0 Å². The number of hydrogen-bond acceptors (Lipinski definition) is 4. The van der Waals surface area contributed by atoms with E-state index in [1.54, 1.807) is 0 Å². The van der Waals surface area contributed by atoms with Gasteiger partial charge in [0.25, 0.3) is 0 Å². The van der Waals surface area contributed by atoms with E-state index in [0.717, 1.165) is 44.8 Å². The molecule has 3 aromatic rings. The number of ether oxygens (including phenoxy) is 1. The summed E-state index contributed by atoms with van der Waals surface area (Å²) in [4.78, 5) is 0. The highest BCUT2D eigenvalue weighted by Crippen LogP contribution is 2.32. The minimum Gasteiger partial charge on any atom is -0.445 e. The maximum Gasteiger partial charge on any atom is 0.200 e. The number of aromatic nitrogens is 1. The van der Waals surface area contributed by atoms with Crippen LogP contribution in [0.2, 0.25) is 5.02 Å². The summed E-state index contributed by atoms with van der Waals surface area (Å²) < 4.78 is 10.4. The van der Waals surface area contributed by atoms with E-state index in [4.69, 9.17) is 22.1 Å². The molecule has 23 heavy (non-hydrogen) atoms. The fraction of sp³-hybridized carbons (Fsp3) is 0.167. The Labute approximate surface area is 144 Å².